The molecule has 0 aliphatic heterocycles. The van der Waals surface area contributed by atoms with Gasteiger partial charge < -0.3 is 10.2 Å². The maximum Gasteiger partial charge on any atom is 0.300 e. The summed E-state index contributed by atoms with van der Waals surface area (Å²) in [6.45, 7) is 2.96. The molecule has 0 fully saturated rings. The van der Waals surface area contributed by atoms with E-state index in [2.05, 4.69) is 0 Å². The van der Waals surface area contributed by atoms with Crippen molar-refractivity contribution in [1.82, 2.24) is 0 Å². The Balaban J connectivity index is 0.000000218. The van der Waals surface area contributed by atoms with Gasteiger partial charge in [-0.2, -0.15) is 0 Å². The maximum absolute atomic E-state index is 9.00. The fourth-order valence-corrected chi connectivity index (χ4v) is 1.02. The van der Waals surface area contributed by atoms with Crippen LogP contribution in [0.1, 0.15) is 12.5 Å². The highest BCUT2D eigenvalue weighted by Crippen LogP contribution is 2.21. The Morgan fingerprint density at radius 1 is 1.64 bits per heavy atom. The van der Waals surface area contributed by atoms with Crippen LogP contribution in [-0.2, 0) is 4.79 Å². The summed E-state index contributed by atoms with van der Waals surface area (Å²) in [5.74, 6) is -0.833. The molecule has 11 heavy (non-hydrogen) atoms. The van der Waals surface area contributed by atoms with Crippen LogP contribution in [0.15, 0.2) is 11.4 Å². The Morgan fingerprint density at radius 2 is 2.09 bits per heavy atom. The Hall–Kier alpha value is -1.03. The van der Waals surface area contributed by atoms with Gasteiger partial charge in [0, 0.05) is 12.5 Å². The molecule has 0 atom stereocenters. The summed E-state index contributed by atoms with van der Waals surface area (Å²) in [6, 6.07) is 1.89. The SMILES string of the molecule is CC(=O)O.Cc1ccsc1O. The van der Waals surface area contributed by atoms with Gasteiger partial charge in [-0.15, -0.1) is 11.3 Å². The van der Waals surface area contributed by atoms with Crippen LogP contribution in [0.25, 0.3) is 0 Å². The molecule has 0 spiro atoms. The summed E-state index contributed by atoms with van der Waals surface area (Å²) < 4.78 is 0. The van der Waals surface area contributed by atoms with E-state index in [9.17, 15) is 0 Å². The van der Waals surface area contributed by atoms with Crippen molar-refractivity contribution in [2.45, 2.75) is 13.8 Å². The molecule has 2 N–H and O–H groups in total. The second-order valence-electron chi connectivity index (χ2n) is 1.93. The molecule has 0 amide bonds. The highest BCUT2D eigenvalue weighted by molar-refractivity contribution is 7.11. The minimum atomic E-state index is -0.833. The van der Waals surface area contributed by atoms with Crippen molar-refractivity contribution < 1.29 is 15.0 Å². The molecular weight excluding hydrogens is 164 g/mol. The van der Waals surface area contributed by atoms with Gasteiger partial charge in [-0.25, -0.2) is 0 Å². The van der Waals surface area contributed by atoms with Crippen LogP contribution in [0.4, 0.5) is 0 Å². The van der Waals surface area contributed by atoms with Crippen molar-refractivity contribution in [1.29, 1.82) is 0 Å². The fourth-order valence-electron chi connectivity index (χ4n) is 0.365. The molecule has 0 radical (unpaired) electrons. The molecule has 4 heteroatoms. The van der Waals surface area contributed by atoms with E-state index in [0.29, 0.717) is 5.06 Å². The van der Waals surface area contributed by atoms with Crippen LogP contribution in [0.3, 0.4) is 0 Å². The largest absolute Gasteiger partial charge is 0.499 e. The van der Waals surface area contributed by atoms with Gasteiger partial charge in [0.05, 0.1) is 0 Å². The predicted molar refractivity (Wildman–Crippen MR) is 44.0 cm³/mol. The van der Waals surface area contributed by atoms with Gasteiger partial charge in [-0.3, -0.25) is 4.79 Å². The van der Waals surface area contributed by atoms with E-state index in [0.717, 1.165) is 12.5 Å². The number of thiophene rings is 1. The lowest BCUT2D eigenvalue weighted by Crippen LogP contribution is -1.78. The van der Waals surface area contributed by atoms with Gasteiger partial charge in [0.2, 0.25) is 0 Å². The molecule has 0 saturated heterocycles. The monoisotopic (exact) mass is 174 g/mol. The minimum Gasteiger partial charge on any atom is -0.499 e. The second-order valence-corrected chi connectivity index (χ2v) is 2.82. The van der Waals surface area contributed by atoms with E-state index in [1.54, 1.807) is 0 Å². The molecule has 0 bridgehead atoms. The Bertz CT molecular complexity index is 209. The average Bonchev–Trinajstić information content (AvgIpc) is 2.15. The quantitative estimate of drug-likeness (QED) is 0.631. The lowest BCUT2D eigenvalue weighted by molar-refractivity contribution is -0.134. The number of rotatable bonds is 0. The first kappa shape index (κ1) is 9.97. The number of aromatic hydroxyl groups is 1. The Kier molecular flexibility index (Phi) is 4.29. The van der Waals surface area contributed by atoms with E-state index in [4.69, 9.17) is 15.0 Å². The Labute approximate surface area is 68.9 Å². The van der Waals surface area contributed by atoms with Crippen LogP contribution in [-0.4, -0.2) is 16.2 Å². The summed E-state index contributed by atoms with van der Waals surface area (Å²) in [5.41, 5.74) is 0.963. The standard InChI is InChI=1S/C5H6OS.C2H4O2/c1-4-2-3-7-5(4)6;1-2(3)4/h2-3,6H,1H3;1H3,(H,3,4). The van der Waals surface area contributed by atoms with E-state index in [1.807, 2.05) is 18.4 Å². The molecule has 3 nitrogen and oxygen atoms in total. The second kappa shape index (κ2) is 4.73. The van der Waals surface area contributed by atoms with E-state index in [1.165, 1.54) is 11.3 Å². The first-order chi connectivity index (χ1) is 5.04. The van der Waals surface area contributed by atoms with Gasteiger partial charge in [-0.05, 0) is 18.4 Å². The average molecular weight is 174 g/mol. The third-order valence-electron chi connectivity index (χ3n) is 0.835. The zero-order valence-electron chi connectivity index (χ0n) is 6.37. The molecule has 62 valence electrons. The summed E-state index contributed by atoms with van der Waals surface area (Å²) in [7, 11) is 0. The van der Waals surface area contributed by atoms with Crippen molar-refractivity contribution in [3.05, 3.63) is 17.0 Å². The summed E-state index contributed by atoms with van der Waals surface area (Å²) in [5, 5.41) is 18.5. The predicted octanol–water partition coefficient (Wildman–Crippen LogP) is 1.85. The molecule has 1 aromatic heterocycles. The number of carbonyl (C=O) groups is 1. The first-order valence-electron chi connectivity index (χ1n) is 2.96. The molecule has 0 saturated carbocycles. The third-order valence-corrected chi connectivity index (χ3v) is 1.65. The maximum atomic E-state index is 9.00. The van der Waals surface area contributed by atoms with Crippen molar-refractivity contribution in [3.63, 3.8) is 0 Å². The normalized spacial score (nSPS) is 8.18. The van der Waals surface area contributed by atoms with Crippen LogP contribution in [0.5, 0.6) is 5.06 Å². The van der Waals surface area contributed by atoms with Gasteiger partial charge in [0.25, 0.3) is 5.97 Å². The van der Waals surface area contributed by atoms with E-state index in [-0.39, 0.29) is 0 Å². The van der Waals surface area contributed by atoms with Gasteiger partial charge in [-0.1, -0.05) is 0 Å². The van der Waals surface area contributed by atoms with Crippen LogP contribution < -0.4 is 0 Å². The number of aryl methyl sites for hydroxylation is 1. The lowest BCUT2D eigenvalue weighted by Gasteiger charge is -1.79. The number of hydrogen-bond acceptors (Lipinski definition) is 3. The number of carboxylic acid groups (broad SMARTS) is 1. The van der Waals surface area contributed by atoms with Crippen molar-refractivity contribution in [2.75, 3.05) is 0 Å². The van der Waals surface area contributed by atoms with E-state index < -0.39 is 5.97 Å². The van der Waals surface area contributed by atoms with Gasteiger partial charge in [0.1, 0.15) is 0 Å². The summed E-state index contributed by atoms with van der Waals surface area (Å²) >= 11 is 1.36. The highest BCUT2D eigenvalue weighted by atomic mass is 32.1. The smallest absolute Gasteiger partial charge is 0.300 e. The summed E-state index contributed by atoms with van der Waals surface area (Å²) in [6.07, 6.45) is 0. The molecule has 1 rings (SSSR count). The van der Waals surface area contributed by atoms with Crippen molar-refractivity contribution in [3.8, 4) is 5.06 Å². The van der Waals surface area contributed by atoms with Crippen LogP contribution in [0, 0.1) is 6.92 Å². The zero-order chi connectivity index (χ0) is 8.85. The number of carboxylic acids is 1. The molecule has 1 heterocycles. The molecular formula is C7H10O3S. The fraction of sp³-hybridized carbons (Fsp3) is 0.286. The summed E-state index contributed by atoms with van der Waals surface area (Å²) in [4.78, 5) is 9.00. The minimum absolute atomic E-state index is 0.431. The zero-order valence-corrected chi connectivity index (χ0v) is 7.18. The number of aliphatic carboxylic acids is 1. The van der Waals surface area contributed by atoms with Gasteiger partial charge >= 0.3 is 0 Å². The van der Waals surface area contributed by atoms with Crippen LogP contribution in [0.2, 0.25) is 0 Å². The highest BCUT2D eigenvalue weighted by Gasteiger charge is 1.90. The molecule has 0 unspecified atom stereocenters. The molecule has 0 aliphatic carbocycles. The Morgan fingerprint density at radius 3 is 2.18 bits per heavy atom. The van der Waals surface area contributed by atoms with Crippen LogP contribution >= 0.6 is 11.3 Å². The lowest BCUT2D eigenvalue weighted by atomic mass is 10.4. The third kappa shape index (κ3) is 5.42. The van der Waals surface area contributed by atoms with Crippen molar-refractivity contribution in [2.24, 2.45) is 0 Å². The first-order valence-corrected chi connectivity index (χ1v) is 3.84. The van der Waals surface area contributed by atoms with Crippen molar-refractivity contribution >= 4 is 17.3 Å². The molecule has 0 aromatic carbocycles. The topological polar surface area (TPSA) is 57.5 Å². The molecule has 1 aromatic rings. The van der Waals surface area contributed by atoms with E-state index >= 15 is 0 Å². The molecule has 0 aliphatic rings. The van der Waals surface area contributed by atoms with Gasteiger partial charge in [0.15, 0.2) is 5.06 Å². The number of hydrogen-bond donors (Lipinski definition) is 2.